The highest BCUT2D eigenvalue weighted by Crippen LogP contribution is 2.64. The van der Waals surface area contributed by atoms with Gasteiger partial charge in [0.15, 0.2) is 0 Å². The van der Waals surface area contributed by atoms with Gasteiger partial charge >= 0.3 is 47.6 Å². The van der Waals surface area contributed by atoms with Gasteiger partial charge in [0, 0.05) is 10.3 Å². The molecule has 1 aromatic carbocycles. The van der Waals surface area contributed by atoms with E-state index in [4.69, 9.17) is 0 Å². The molecule has 1 aromatic rings. The predicted octanol–water partition coefficient (Wildman–Crippen LogP) is 8.82. The Hall–Kier alpha value is -1.24. The maximum atomic E-state index is 14.0. The molecule has 0 aromatic heterocycles. The van der Waals surface area contributed by atoms with Crippen molar-refractivity contribution in [2.24, 2.45) is 0 Å². The summed E-state index contributed by atoms with van der Waals surface area (Å²) in [5.41, 5.74) is 0.415. The molecule has 0 radical (unpaired) electrons. The second-order valence-corrected chi connectivity index (χ2v) is 9.24. The third-order valence-electron chi connectivity index (χ3n) is 4.85. The van der Waals surface area contributed by atoms with Gasteiger partial charge in [0.2, 0.25) is 0 Å². The molecule has 1 unspecified atom stereocenters. The Labute approximate surface area is 204 Å². The number of rotatable bonds is 11. The summed E-state index contributed by atoms with van der Waals surface area (Å²) < 4.78 is 224. The molecule has 0 N–H and O–H groups in total. The highest BCUT2D eigenvalue weighted by atomic mass is 127. The first-order chi connectivity index (χ1) is 15.7. The molecule has 1 atom stereocenters. The zero-order chi connectivity index (χ0) is 28.8. The molecule has 0 saturated heterocycles. The number of benzene rings is 1. The van der Waals surface area contributed by atoms with E-state index in [1.165, 1.54) is 30.3 Å². The monoisotopic (exact) mass is 678 g/mol. The molecular formula is C18H12F17I. The van der Waals surface area contributed by atoms with Gasteiger partial charge in [0.05, 0.1) is 0 Å². The van der Waals surface area contributed by atoms with Gasteiger partial charge in [-0.3, -0.25) is 0 Å². The highest BCUT2D eigenvalue weighted by Gasteiger charge is 2.95. The van der Waals surface area contributed by atoms with Crippen LogP contribution in [0.25, 0.3) is 0 Å². The molecule has 0 saturated carbocycles. The third-order valence-corrected chi connectivity index (χ3v) is 5.92. The van der Waals surface area contributed by atoms with Gasteiger partial charge in [-0.25, -0.2) is 0 Å². The molecule has 0 aliphatic rings. The van der Waals surface area contributed by atoms with Gasteiger partial charge in [-0.05, 0) is 18.4 Å². The van der Waals surface area contributed by atoms with Crippen molar-refractivity contribution >= 4 is 22.6 Å². The number of aryl methyl sites for hydroxylation is 1. The molecule has 0 fully saturated rings. The van der Waals surface area contributed by atoms with Crippen LogP contribution in [0.2, 0.25) is 0 Å². The zero-order valence-electron chi connectivity index (χ0n) is 16.9. The lowest BCUT2D eigenvalue weighted by Crippen LogP contribution is -2.74. The SMILES string of the molecule is FC(F)(F)C(F)(F)C(F)(F)C(F)(F)C(F)(F)C(F)(F)C(F)(F)C(F)(F)CC(I)CCc1ccccc1. The van der Waals surface area contributed by atoms with E-state index in [1.54, 1.807) is 0 Å². The Balaban J connectivity index is 3.33. The molecule has 0 amide bonds. The van der Waals surface area contributed by atoms with Crippen LogP contribution in [0.15, 0.2) is 30.3 Å². The maximum Gasteiger partial charge on any atom is 0.460 e. The fourth-order valence-corrected chi connectivity index (χ4v) is 3.54. The number of alkyl halides is 18. The van der Waals surface area contributed by atoms with E-state index in [2.05, 4.69) is 0 Å². The Morgan fingerprint density at radius 1 is 0.528 bits per heavy atom. The minimum atomic E-state index is -8.60. The highest BCUT2D eigenvalue weighted by molar-refractivity contribution is 14.1. The van der Waals surface area contributed by atoms with E-state index >= 15 is 0 Å². The lowest BCUT2D eigenvalue weighted by atomic mass is 9.87. The first-order valence-electron chi connectivity index (χ1n) is 9.12. The summed E-state index contributed by atoms with van der Waals surface area (Å²) in [4.78, 5) is 0. The summed E-state index contributed by atoms with van der Waals surface area (Å²) in [6, 6.07) is 7.28. The van der Waals surface area contributed by atoms with Crippen molar-refractivity contribution in [2.45, 2.75) is 70.8 Å². The maximum absolute atomic E-state index is 14.0. The number of halogens is 18. The minimum absolute atomic E-state index is 0.153. The van der Waals surface area contributed by atoms with Gasteiger partial charge < -0.3 is 0 Å². The van der Waals surface area contributed by atoms with E-state index in [-0.39, 0.29) is 6.42 Å². The quantitative estimate of drug-likeness (QED) is 0.125. The number of hydrogen-bond donors (Lipinski definition) is 0. The van der Waals surface area contributed by atoms with Crippen molar-refractivity contribution in [3.8, 4) is 0 Å². The molecule has 0 heterocycles. The van der Waals surface area contributed by atoms with Crippen molar-refractivity contribution in [1.82, 2.24) is 0 Å². The van der Waals surface area contributed by atoms with Gasteiger partial charge in [0.1, 0.15) is 0 Å². The molecule has 0 nitrogen and oxygen atoms in total. The summed E-state index contributed by atoms with van der Waals surface area (Å²) >= 11 is 0.993. The summed E-state index contributed by atoms with van der Waals surface area (Å²) in [5, 5.41) is 0. The van der Waals surface area contributed by atoms with Crippen LogP contribution in [-0.2, 0) is 6.42 Å². The van der Waals surface area contributed by atoms with Crippen LogP contribution in [0, 0.1) is 0 Å². The van der Waals surface area contributed by atoms with E-state index in [0.29, 0.717) is 5.56 Å². The lowest BCUT2D eigenvalue weighted by molar-refractivity contribution is -0.461. The molecular weight excluding hydrogens is 666 g/mol. The largest absolute Gasteiger partial charge is 0.460 e. The molecule has 0 bridgehead atoms. The van der Waals surface area contributed by atoms with Crippen LogP contribution < -0.4 is 0 Å². The fraction of sp³-hybridized carbons (Fsp3) is 0.667. The first-order valence-corrected chi connectivity index (χ1v) is 10.4. The summed E-state index contributed by atoms with van der Waals surface area (Å²) in [6.07, 6.45) is -10.8. The molecule has 1 rings (SSSR count). The molecule has 0 aliphatic carbocycles. The Bertz CT molecular complexity index is 875. The lowest BCUT2D eigenvalue weighted by Gasteiger charge is -2.43. The summed E-state index contributed by atoms with van der Waals surface area (Å²) in [6.45, 7) is 0. The van der Waals surface area contributed by atoms with Gasteiger partial charge in [-0.1, -0.05) is 52.9 Å². The standard InChI is InChI=1S/C18H12F17I/c19-11(20,8-10(36)7-6-9-4-2-1-3-5-9)12(21,22)13(23,24)14(25,26)15(27,28)16(29,30)17(31,32)18(33,34)35/h1-5,10H,6-8H2. The molecule has 210 valence electrons. The second-order valence-electron chi connectivity index (χ2n) is 7.47. The molecule has 0 aliphatic heterocycles. The Morgan fingerprint density at radius 3 is 1.28 bits per heavy atom. The van der Waals surface area contributed by atoms with E-state index in [9.17, 15) is 74.6 Å². The predicted molar refractivity (Wildman–Crippen MR) is 97.9 cm³/mol. The van der Waals surface area contributed by atoms with Crippen molar-refractivity contribution in [2.75, 3.05) is 0 Å². The van der Waals surface area contributed by atoms with Crippen molar-refractivity contribution in [1.29, 1.82) is 0 Å². The van der Waals surface area contributed by atoms with Crippen LogP contribution in [-0.4, -0.2) is 51.6 Å². The zero-order valence-corrected chi connectivity index (χ0v) is 19.0. The Kier molecular flexibility index (Phi) is 8.94. The van der Waals surface area contributed by atoms with E-state index in [1.807, 2.05) is 0 Å². The normalized spacial score (nSPS) is 16.3. The first kappa shape index (κ1) is 32.8. The molecule has 0 spiro atoms. The van der Waals surface area contributed by atoms with Crippen LogP contribution in [0.4, 0.5) is 74.6 Å². The van der Waals surface area contributed by atoms with Crippen LogP contribution in [0.1, 0.15) is 18.4 Å². The number of hydrogen-bond acceptors (Lipinski definition) is 0. The van der Waals surface area contributed by atoms with Gasteiger partial charge in [0.25, 0.3) is 0 Å². The van der Waals surface area contributed by atoms with Gasteiger partial charge in [-0.2, -0.15) is 74.6 Å². The average Bonchev–Trinajstić information content (AvgIpc) is 2.71. The van der Waals surface area contributed by atoms with Crippen LogP contribution in [0.3, 0.4) is 0 Å². The van der Waals surface area contributed by atoms with Crippen molar-refractivity contribution < 1.29 is 74.6 Å². The van der Waals surface area contributed by atoms with Crippen molar-refractivity contribution in [3.63, 3.8) is 0 Å². The minimum Gasteiger partial charge on any atom is -0.200 e. The fourth-order valence-electron chi connectivity index (χ4n) is 2.67. The topological polar surface area (TPSA) is 0 Å². The van der Waals surface area contributed by atoms with E-state index < -0.39 is 64.4 Å². The molecule has 18 heteroatoms. The molecule has 36 heavy (non-hydrogen) atoms. The van der Waals surface area contributed by atoms with Crippen molar-refractivity contribution in [3.05, 3.63) is 35.9 Å². The smallest absolute Gasteiger partial charge is 0.200 e. The summed E-state index contributed by atoms with van der Waals surface area (Å²) in [5.74, 6) is -56.0. The summed E-state index contributed by atoms with van der Waals surface area (Å²) in [7, 11) is 0. The van der Waals surface area contributed by atoms with E-state index in [0.717, 1.165) is 22.6 Å². The average molecular weight is 678 g/mol. The third kappa shape index (κ3) is 5.19. The Morgan fingerprint density at radius 2 is 0.889 bits per heavy atom. The van der Waals surface area contributed by atoms with Crippen LogP contribution >= 0.6 is 22.6 Å². The van der Waals surface area contributed by atoms with Gasteiger partial charge in [-0.15, -0.1) is 0 Å². The van der Waals surface area contributed by atoms with Crippen LogP contribution in [0.5, 0.6) is 0 Å². The second kappa shape index (κ2) is 9.81.